The van der Waals surface area contributed by atoms with Gasteiger partial charge in [-0.25, -0.2) is 4.68 Å². The summed E-state index contributed by atoms with van der Waals surface area (Å²) in [6, 6.07) is 8.57. The van der Waals surface area contributed by atoms with Crippen LogP contribution >= 0.6 is 11.6 Å². The summed E-state index contributed by atoms with van der Waals surface area (Å²) in [4.78, 5) is 12.7. The number of alkyl halides is 3. The number of carbonyl (C=O) groups excluding carboxylic acids is 1. The highest BCUT2D eigenvalue weighted by Gasteiger charge is 2.47. The number of methoxy groups -OCH3 is 2. The van der Waals surface area contributed by atoms with Gasteiger partial charge in [-0.3, -0.25) is 4.79 Å². The number of carbonyl (C=O) groups is 1. The van der Waals surface area contributed by atoms with E-state index in [-0.39, 0.29) is 17.9 Å². The molecule has 0 fully saturated rings. The van der Waals surface area contributed by atoms with Crippen molar-refractivity contribution in [3.05, 3.63) is 64.3 Å². The summed E-state index contributed by atoms with van der Waals surface area (Å²) in [6.45, 7) is 1.81. The molecule has 2 aromatic carbocycles. The lowest BCUT2D eigenvalue weighted by molar-refractivity contribution is -0.173. The second-order valence-corrected chi connectivity index (χ2v) is 8.29. The second-order valence-electron chi connectivity index (χ2n) is 7.88. The third-order valence-electron chi connectivity index (χ3n) is 5.66. The summed E-state index contributed by atoms with van der Waals surface area (Å²) in [6.07, 6.45) is -4.89. The van der Waals surface area contributed by atoms with Gasteiger partial charge in [0, 0.05) is 23.2 Å². The minimum atomic E-state index is -4.57. The lowest BCUT2D eigenvalue weighted by atomic mass is 9.96. The van der Waals surface area contributed by atoms with E-state index in [0.717, 1.165) is 10.2 Å². The first-order chi connectivity index (χ1) is 16.1. The first-order valence-corrected chi connectivity index (χ1v) is 10.7. The zero-order valence-electron chi connectivity index (χ0n) is 18.5. The Balaban J connectivity index is 1.64. The normalized spacial score (nSPS) is 17.5. The fourth-order valence-electron chi connectivity index (χ4n) is 3.84. The van der Waals surface area contributed by atoms with Crippen LogP contribution in [0.3, 0.4) is 0 Å². The van der Waals surface area contributed by atoms with E-state index in [4.69, 9.17) is 21.1 Å². The van der Waals surface area contributed by atoms with E-state index in [1.54, 1.807) is 36.4 Å². The third-order valence-corrected chi connectivity index (χ3v) is 6.07. The van der Waals surface area contributed by atoms with Crippen LogP contribution in [0, 0.1) is 6.92 Å². The Hall–Kier alpha value is -3.40. The molecule has 1 aromatic heterocycles. The minimum absolute atomic E-state index is 0.0837. The zero-order chi connectivity index (χ0) is 24.6. The maximum absolute atomic E-state index is 14.0. The molecular weight excluding hydrogens is 473 g/mol. The van der Waals surface area contributed by atoms with Gasteiger partial charge >= 0.3 is 6.18 Å². The molecule has 0 radical (unpaired) electrons. The SMILES string of the molecule is COc1ccc(C2CC(C(F)(F)F)n3nc(C(=O)Nc4ccc(C)c(Cl)c4)cc3N2)cc1OC. The Morgan fingerprint density at radius 1 is 1.15 bits per heavy atom. The van der Waals surface area contributed by atoms with Crippen LogP contribution in [0.15, 0.2) is 42.5 Å². The number of nitrogens with one attached hydrogen (secondary N) is 2. The van der Waals surface area contributed by atoms with Crippen molar-refractivity contribution in [2.24, 2.45) is 0 Å². The monoisotopic (exact) mass is 494 g/mol. The molecule has 0 aliphatic carbocycles. The molecule has 3 aromatic rings. The van der Waals surface area contributed by atoms with Gasteiger partial charge in [0.2, 0.25) is 0 Å². The Labute approximate surface area is 198 Å². The molecule has 2 atom stereocenters. The molecule has 0 spiro atoms. The highest BCUT2D eigenvalue weighted by molar-refractivity contribution is 6.31. The average molecular weight is 495 g/mol. The smallest absolute Gasteiger partial charge is 0.410 e. The van der Waals surface area contributed by atoms with Crippen molar-refractivity contribution < 1.29 is 27.4 Å². The molecule has 1 aliphatic rings. The Bertz CT molecular complexity index is 1230. The number of nitrogens with zero attached hydrogens (tertiary/aromatic N) is 2. The number of aryl methyl sites for hydroxylation is 1. The largest absolute Gasteiger partial charge is 0.493 e. The molecular formula is C23H22ClF3N4O3. The first kappa shape index (κ1) is 23.7. The molecule has 180 valence electrons. The van der Waals surface area contributed by atoms with E-state index in [2.05, 4.69) is 15.7 Å². The van der Waals surface area contributed by atoms with Crippen LogP contribution in [0.25, 0.3) is 0 Å². The minimum Gasteiger partial charge on any atom is -0.493 e. The van der Waals surface area contributed by atoms with Crippen LogP contribution in [0.1, 0.15) is 40.1 Å². The summed E-state index contributed by atoms with van der Waals surface area (Å²) in [5.41, 5.74) is 1.67. The summed E-state index contributed by atoms with van der Waals surface area (Å²) >= 11 is 6.09. The average Bonchev–Trinajstić information content (AvgIpc) is 3.24. The van der Waals surface area contributed by atoms with Gasteiger partial charge in [0.15, 0.2) is 23.2 Å². The highest BCUT2D eigenvalue weighted by Crippen LogP contribution is 2.44. The number of amides is 1. The van der Waals surface area contributed by atoms with Crippen molar-refractivity contribution in [3.8, 4) is 11.5 Å². The molecule has 34 heavy (non-hydrogen) atoms. The van der Waals surface area contributed by atoms with Crippen LogP contribution in [0.2, 0.25) is 5.02 Å². The summed E-state index contributed by atoms with van der Waals surface area (Å²) in [5.74, 6) is 0.309. The Kier molecular flexibility index (Phi) is 6.35. The van der Waals surface area contributed by atoms with Gasteiger partial charge in [-0.1, -0.05) is 23.7 Å². The number of halogens is 4. The first-order valence-electron chi connectivity index (χ1n) is 10.3. The molecule has 11 heteroatoms. The summed E-state index contributed by atoms with van der Waals surface area (Å²) < 4.78 is 53.2. The number of hydrogen-bond donors (Lipinski definition) is 2. The molecule has 0 saturated heterocycles. The molecule has 1 amide bonds. The third kappa shape index (κ3) is 4.63. The van der Waals surface area contributed by atoms with E-state index in [0.29, 0.717) is 27.8 Å². The van der Waals surface area contributed by atoms with E-state index in [1.165, 1.54) is 20.3 Å². The van der Waals surface area contributed by atoms with Gasteiger partial charge in [0.1, 0.15) is 5.82 Å². The highest BCUT2D eigenvalue weighted by atomic mass is 35.5. The van der Waals surface area contributed by atoms with Gasteiger partial charge in [-0.15, -0.1) is 0 Å². The molecule has 0 saturated carbocycles. The van der Waals surface area contributed by atoms with Gasteiger partial charge in [0.05, 0.1) is 20.3 Å². The Morgan fingerprint density at radius 2 is 1.88 bits per heavy atom. The Morgan fingerprint density at radius 3 is 2.53 bits per heavy atom. The molecule has 2 heterocycles. The van der Waals surface area contributed by atoms with Gasteiger partial charge in [-0.05, 0) is 42.3 Å². The molecule has 2 unspecified atom stereocenters. The van der Waals surface area contributed by atoms with Gasteiger partial charge < -0.3 is 20.1 Å². The van der Waals surface area contributed by atoms with Crippen LogP contribution in [0.5, 0.6) is 11.5 Å². The van der Waals surface area contributed by atoms with E-state index in [1.807, 2.05) is 6.92 Å². The van der Waals surface area contributed by atoms with Crippen molar-refractivity contribution in [2.75, 3.05) is 24.9 Å². The molecule has 4 rings (SSSR count). The predicted molar refractivity (Wildman–Crippen MR) is 122 cm³/mol. The zero-order valence-corrected chi connectivity index (χ0v) is 19.3. The standard InChI is InChI=1S/C23H22ClF3N4O3/c1-12-4-6-14(9-15(12)24)28-22(32)17-11-21-29-16(10-20(23(25,26)27)31(21)30-17)13-5-7-18(33-2)19(8-13)34-3/h4-9,11,16,20,29H,10H2,1-3H3,(H,28,32). The van der Waals surface area contributed by atoms with Crippen LogP contribution in [0.4, 0.5) is 24.7 Å². The second kappa shape index (κ2) is 9.09. The van der Waals surface area contributed by atoms with Crippen molar-refractivity contribution in [1.29, 1.82) is 0 Å². The number of hydrogen-bond acceptors (Lipinski definition) is 5. The van der Waals surface area contributed by atoms with E-state index < -0.39 is 24.2 Å². The predicted octanol–water partition coefficient (Wildman–Crippen LogP) is 5.77. The fraction of sp³-hybridized carbons (Fsp3) is 0.304. The van der Waals surface area contributed by atoms with Crippen molar-refractivity contribution >= 4 is 29.0 Å². The summed E-state index contributed by atoms with van der Waals surface area (Å²) in [5, 5.41) is 10.1. The molecule has 0 bridgehead atoms. The van der Waals surface area contributed by atoms with Gasteiger partial charge in [-0.2, -0.15) is 18.3 Å². The number of fused-ring (bicyclic) bond motifs is 1. The van der Waals surface area contributed by atoms with E-state index >= 15 is 0 Å². The fourth-order valence-corrected chi connectivity index (χ4v) is 4.02. The maximum Gasteiger partial charge on any atom is 0.410 e. The van der Waals surface area contributed by atoms with Crippen molar-refractivity contribution in [2.45, 2.75) is 31.6 Å². The number of aromatic nitrogens is 2. The quantitative estimate of drug-likeness (QED) is 0.470. The maximum atomic E-state index is 14.0. The van der Waals surface area contributed by atoms with Gasteiger partial charge in [0.25, 0.3) is 5.91 Å². The number of ether oxygens (including phenoxy) is 2. The number of rotatable bonds is 5. The lowest BCUT2D eigenvalue weighted by Crippen LogP contribution is -2.35. The number of benzene rings is 2. The topological polar surface area (TPSA) is 77.4 Å². The van der Waals surface area contributed by atoms with Crippen molar-refractivity contribution in [3.63, 3.8) is 0 Å². The number of anilines is 2. The summed E-state index contributed by atoms with van der Waals surface area (Å²) in [7, 11) is 2.93. The van der Waals surface area contributed by atoms with Crippen LogP contribution in [-0.2, 0) is 0 Å². The molecule has 2 N–H and O–H groups in total. The van der Waals surface area contributed by atoms with Crippen LogP contribution < -0.4 is 20.1 Å². The van der Waals surface area contributed by atoms with E-state index in [9.17, 15) is 18.0 Å². The molecule has 7 nitrogen and oxygen atoms in total. The lowest BCUT2D eigenvalue weighted by Gasteiger charge is -2.33. The molecule has 1 aliphatic heterocycles. The van der Waals surface area contributed by atoms with Crippen LogP contribution in [-0.4, -0.2) is 36.1 Å². The van der Waals surface area contributed by atoms with Crippen molar-refractivity contribution in [1.82, 2.24) is 9.78 Å².